The lowest BCUT2D eigenvalue weighted by atomic mass is 9.80. The molecule has 0 saturated carbocycles. The second kappa shape index (κ2) is 9.21. The van der Waals surface area contributed by atoms with Crippen molar-refractivity contribution in [3.05, 3.63) is 87.8 Å². The van der Waals surface area contributed by atoms with Crippen LogP contribution in [0.2, 0.25) is 0 Å². The molecule has 2 unspecified atom stereocenters. The zero-order valence-corrected chi connectivity index (χ0v) is 19.1. The first kappa shape index (κ1) is 20.8. The molecule has 1 aliphatic carbocycles. The zero-order valence-electron chi connectivity index (χ0n) is 18.3. The van der Waals surface area contributed by atoms with Crippen LogP contribution in [0.3, 0.4) is 0 Å². The molecule has 3 aromatic rings. The van der Waals surface area contributed by atoms with Crippen molar-refractivity contribution in [2.24, 2.45) is 0 Å². The van der Waals surface area contributed by atoms with E-state index in [-0.39, 0.29) is 17.7 Å². The molecule has 0 bridgehead atoms. The summed E-state index contributed by atoms with van der Waals surface area (Å²) in [6.45, 7) is 2.84. The lowest BCUT2D eigenvalue weighted by molar-refractivity contribution is -0.116. The van der Waals surface area contributed by atoms with Gasteiger partial charge in [0, 0.05) is 34.0 Å². The van der Waals surface area contributed by atoms with E-state index < -0.39 is 0 Å². The van der Waals surface area contributed by atoms with Gasteiger partial charge in [0.25, 0.3) is 0 Å². The number of unbranched alkanes of at least 4 members (excludes halogenated alkanes) is 1. The number of allylic oxidation sites excluding steroid dienone is 1. The molecule has 2 aliphatic rings. The molecule has 164 valence electrons. The van der Waals surface area contributed by atoms with E-state index >= 15 is 0 Å². The van der Waals surface area contributed by atoms with Gasteiger partial charge >= 0.3 is 0 Å². The number of rotatable bonds is 6. The van der Waals surface area contributed by atoms with Gasteiger partial charge in [-0.15, -0.1) is 11.3 Å². The first-order chi connectivity index (χ1) is 15.7. The number of hydrogen-bond acceptors (Lipinski definition) is 5. The summed E-state index contributed by atoms with van der Waals surface area (Å²) in [6, 6.07) is 20.3. The molecule has 1 aliphatic heterocycles. The monoisotopic (exact) mass is 444 g/mol. The highest BCUT2D eigenvalue weighted by molar-refractivity contribution is 7.10. The number of Topliss-reactive ketones (excluding diaryl/α,β-unsaturated/α-hetero) is 1. The summed E-state index contributed by atoms with van der Waals surface area (Å²) < 4.78 is 6.16. The Hall–Kier alpha value is -3.05. The summed E-state index contributed by atoms with van der Waals surface area (Å²) >= 11 is 1.73. The quantitative estimate of drug-likeness (QED) is 0.406. The maximum absolute atomic E-state index is 13.6. The Balaban J connectivity index is 1.59. The van der Waals surface area contributed by atoms with E-state index in [1.807, 2.05) is 30.3 Å². The van der Waals surface area contributed by atoms with Gasteiger partial charge in [-0.25, -0.2) is 0 Å². The third-order valence-corrected chi connectivity index (χ3v) is 7.27. The zero-order chi connectivity index (χ0) is 21.9. The first-order valence-corrected chi connectivity index (χ1v) is 12.3. The Labute approximate surface area is 193 Å². The summed E-state index contributed by atoms with van der Waals surface area (Å²) in [4.78, 5) is 14.9. The number of hydrogen-bond donors (Lipinski definition) is 2. The van der Waals surface area contributed by atoms with Crippen LogP contribution in [0.1, 0.15) is 55.0 Å². The largest absolute Gasteiger partial charge is 0.493 e. The minimum atomic E-state index is -0.254. The lowest BCUT2D eigenvalue weighted by Crippen LogP contribution is -2.27. The van der Waals surface area contributed by atoms with Crippen molar-refractivity contribution >= 4 is 28.5 Å². The van der Waals surface area contributed by atoms with Gasteiger partial charge in [0.2, 0.25) is 0 Å². The average molecular weight is 445 g/mol. The molecule has 0 saturated heterocycles. The van der Waals surface area contributed by atoms with Gasteiger partial charge in [0.15, 0.2) is 5.78 Å². The topological polar surface area (TPSA) is 50.4 Å². The molecule has 0 fully saturated rings. The van der Waals surface area contributed by atoms with Gasteiger partial charge in [0.1, 0.15) is 5.75 Å². The third kappa shape index (κ3) is 4.05. The van der Waals surface area contributed by atoms with E-state index in [4.69, 9.17) is 4.74 Å². The van der Waals surface area contributed by atoms with Crippen LogP contribution in [0, 0.1) is 0 Å². The summed E-state index contributed by atoms with van der Waals surface area (Å²) in [7, 11) is 0. The summed E-state index contributed by atoms with van der Waals surface area (Å²) in [5.74, 6) is 1.26. The molecule has 1 aromatic heterocycles. The highest BCUT2D eigenvalue weighted by Crippen LogP contribution is 2.46. The minimum absolute atomic E-state index is 0.200. The second-order valence-corrected chi connectivity index (χ2v) is 9.40. The molecule has 32 heavy (non-hydrogen) atoms. The van der Waals surface area contributed by atoms with Crippen molar-refractivity contribution in [3.63, 3.8) is 0 Å². The molecule has 0 amide bonds. The van der Waals surface area contributed by atoms with Crippen molar-refractivity contribution < 1.29 is 9.53 Å². The van der Waals surface area contributed by atoms with E-state index in [1.165, 1.54) is 4.88 Å². The number of nitrogens with one attached hydrogen (secondary N) is 2. The van der Waals surface area contributed by atoms with Crippen molar-refractivity contribution in [2.45, 2.75) is 44.6 Å². The van der Waals surface area contributed by atoms with E-state index in [0.717, 1.165) is 53.2 Å². The van der Waals surface area contributed by atoms with Gasteiger partial charge < -0.3 is 15.4 Å². The first-order valence-electron chi connectivity index (χ1n) is 11.4. The number of para-hydroxylation sites is 3. The smallest absolute Gasteiger partial charge is 0.163 e. The standard InChI is InChI=1S/C27H28N2O2S/c1-2-3-14-31-24-12-7-4-9-19(24)27-26-22(28-20-10-5-6-11-21(20)29-27)16-18(17-23(26)30)25-13-8-15-32-25/h4-13,15,18,27-29H,2-3,14,16-17H2,1H3. The van der Waals surface area contributed by atoms with Crippen LogP contribution < -0.4 is 15.4 Å². The number of ether oxygens (including phenoxy) is 1. The fourth-order valence-electron chi connectivity index (χ4n) is 4.63. The number of thiophene rings is 1. The van der Waals surface area contributed by atoms with E-state index in [9.17, 15) is 4.79 Å². The van der Waals surface area contributed by atoms with Crippen LogP contribution in [0.4, 0.5) is 11.4 Å². The average Bonchev–Trinajstić information content (AvgIpc) is 3.29. The highest BCUT2D eigenvalue weighted by Gasteiger charge is 2.37. The van der Waals surface area contributed by atoms with Crippen molar-refractivity contribution in [1.82, 2.24) is 0 Å². The third-order valence-electron chi connectivity index (χ3n) is 6.24. The van der Waals surface area contributed by atoms with Gasteiger partial charge in [-0.1, -0.05) is 49.7 Å². The Bertz CT molecular complexity index is 1140. The summed E-state index contributed by atoms with van der Waals surface area (Å²) in [5.41, 5.74) is 4.87. The van der Waals surface area contributed by atoms with E-state index in [0.29, 0.717) is 13.0 Å². The molecule has 0 radical (unpaired) electrons. The number of carbonyl (C=O) groups is 1. The summed E-state index contributed by atoms with van der Waals surface area (Å²) in [6.07, 6.45) is 3.45. The highest BCUT2D eigenvalue weighted by atomic mass is 32.1. The SMILES string of the molecule is CCCCOc1ccccc1C1Nc2ccccc2NC2=C1C(=O)CC(c1cccs1)C2. The van der Waals surface area contributed by atoms with Crippen LogP contribution in [0.25, 0.3) is 0 Å². The van der Waals surface area contributed by atoms with Crippen LogP contribution in [-0.2, 0) is 4.79 Å². The number of ketones is 1. The molecule has 5 rings (SSSR count). The Morgan fingerprint density at radius 3 is 2.62 bits per heavy atom. The van der Waals surface area contributed by atoms with Crippen LogP contribution in [0.15, 0.2) is 77.3 Å². The Kier molecular flexibility index (Phi) is 5.99. The van der Waals surface area contributed by atoms with Crippen LogP contribution in [-0.4, -0.2) is 12.4 Å². The van der Waals surface area contributed by atoms with Crippen molar-refractivity contribution in [3.8, 4) is 5.75 Å². The molecular weight excluding hydrogens is 416 g/mol. The number of carbonyl (C=O) groups excluding carboxylic acids is 1. The van der Waals surface area contributed by atoms with Crippen molar-refractivity contribution in [1.29, 1.82) is 0 Å². The predicted molar refractivity (Wildman–Crippen MR) is 132 cm³/mol. The predicted octanol–water partition coefficient (Wildman–Crippen LogP) is 6.91. The molecule has 5 heteroatoms. The maximum Gasteiger partial charge on any atom is 0.163 e. The normalized spacial score (nSPS) is 20.0. The number of benzene rings is 2. The molecule has 2 heterocycles. The molecule has 2 aromatic carbocycles. The number of fused-ring (bicyclic) bond motifs is 1. The molecule has 2 N–H and O–H groups in total. The van der Waals surface area contributed by atoms with E-state index in [2.05, 4.69) is 53.3 Å². The van der Waals surface area contributed by atoms with Gasteiger partial charge in [-0.3, -0.25) is 4.79 Å². The van der Waals surface area contributed by atoms with Gasteiger partial charge in [0.05, 0.1) is 24.0 Å². The molecule has 4 nitrogen and oxygen atoms in total. The molecule has 0 spiro atoms. The lowest BCUT2D eigenvalue weighted by Gasteiger charge is -2.30. The molecule has 2 atom stereocenters. The maximum atomic E-state index is 13.6. The Morgan fingerprint density at radius 1 is 1.00 bits per heavy atom. The fraction of sp³-hybridized carbons (Fsp3) is 0.296. The Morgan fingerprint density at radius 2 is 1.81 bits per heavy atom. The van der Waals surface area contributed by atoms with Gasteiger partial charge in [-0.2, -0.15) is 0 Å². The van der Waals surface area contributed by atoms with E-state index in [1.54, 1.807) is 11.3 Å². The van der Waals surface area contributed by atoms with Gasteiger partial charge in [-0.05, 0) is 42.5 Å². The van der Waals surface area contributed by atoms with Crippen molar-refractivity contribution in [2.75, 3.05) is 17.2 Å². The van der Waals surface area contributed by atoms with Crippen LogP contribution in [0.5, 0.6) is 5.75 Å². The fourth-order valence-corrected chi connectivity index (χ4v) is 5.46. The number of anilines is 2. The second-order valence-electron chi connectivity index (χ2n) is 8.42. The minimum Gasteiger partial charge on any atom is -0.493 e. The molecular formula is C27H28N2O2S. The summed E-state index contributed by atoms with van der Waals surface area (Å²) in [5, 5.41) is 9.37. The van der Waals surface area contributed by atoms with Crippen LogP contribution >= 0.6 is 11.3 Å².